The summed E-state index contributed by atoms with van der Waals surface area (Å²) in [6.07, 6.45) is 3.06. The lowest BCUT2D eigenvalue weighted by Gasteiger charge is -2.18. The van der Waals surface area contributed by atoms with Gasteiger partial charge in [-0.1, -0.05) is 6.07 Å². The largest absolute Gasteiger partial charge is 0.482 e. The van der Waals surface area contributed by atoms with E-state index in [0.717, 1.165) is 22.9 Å². The van der Waals surface area contributed by atoms with E-state index < -0.39 is 0 Å². The quantitative estimate of drug-likeness (QED) is 0.887. The molecule has 0 atom stereocenters. The molecule has 0 unspecified atom stereocenters. The van der Waals surface area contributed by atoms with Crippen LogP contribution in [0.4, 0.5) is 5.69 Å². The molecule has 102 valence electrons. The molecule has 0 saturated heterocycles. The first-order chi connectivity index (χ1) is 9.78. The van der Waals surface area contributed by atoms with E-state index in [9.17, 15) is 4.79 Å². The van der Waals surface area contributed by atoms with Gasteiger partial charge < -0.3 is 10.1 Å². The minimum Gasteiger partial charge on any atom is -0.482 e. The van der Waals surface area contributed by atoms with Gasteiger partial charge in [0.2, 0.25) is 0 Å². The van der Waals surface area contributed by atoms with Crippen molar-refractivity contribution < 1.29 is 9.53 Å². The van der Waals surface area contributed by atoms with Crippen LogP contribution < -0.4 is 10.1 Å². The van der Waals surface area contributed by atoms with E-state index in [1.165, 1.54) is 12.8 Å². The first kappa shape index (κ1) is 11.5. The minimum atomic E-state index is -0.120. The topological polar surface area (TPSA) is 79.9 Å². The van der Waals surface area contributed by atoms with Crippen LogP contribution in [0.15, 0.2) is 18.2 Å². The van der Waals surface area contributed by atoms with Gasteiger partial charge in [0.15, 0.2) is 12.4 Å². The van der Waals surface area contributed by atoms with Crippen LogP contribution in [0, 0.1) is 0 Å². The van der Waals surface area contributed by atoms with Crippen LogP contribution >= 0.6 is 0 Å². The van der Waals surface area contributed by atoms with E-state index in [2.05, 4.69) is 20.5 Å². The van der Waals surface area contributed by atoms with Crippen molar-refractivity contribution in [3.63, 3.8) is 0 Å². The Hall–Kier alpha value is -2.37. The smallest absolute Gasteiger partial charge is 0.262 e. The Morgan fingerprint density at radius 1 is 1.35 bits per heavy atom. The molecule has 1 fully saturated rings. The SMILES string of the molecule is O=C1COc2ccc(Cc3nc(C4CC4)n[nH]3)cc2N1. The Labute approximate surface area is 115 Å². The number of benzene rings is 1. The Morgan fingerprint density at radius 3 is 3.10 bits per heavy atom. The molecule has 1 saturated carbocycles. The zero-order valence-electron chi connectivity index (χ0n) is 10.8. The molecule has 2 aliphatic rings. The van der Waals surface area contributed by atoms with Crippen LogP contribution in [0.3, 0.4) is 0 Å². The van der Waals surface area contributed by atoms with Crippen molar-refractivity contribution in [3.05, 3.63) is 35.4 Å². The Bertz CT molecular complexity index is 676. The Balaban J connectivity index is 1.55. The average Bonchev–Trinajstić information content (AvgIpc) is 3.19. The fraction of sp³-hybridized carbons (Fsp3) is 0.357. The molecule has 20 heavy (non-hydrogen) atoms. The second kappa shape index (κ2) is 4.33. The molecule has 1 aliphatic heterocycles. The molecule has 2 heterocycles. The van der Waals surface area contributed by atoms with Crippen molar-refractivity contribution in [2.24, 2.45) is 0 Å². The number of carbonyl (C=O) groups excluding carboxylic acids is 1. The predicted octanol–water partition coefficient (Wildman–Crippen LogP) is 1.60. The molecule has 1 aromatic heterocycles. The lowest BCUT2D eigenvalue weighted by Crippen LogP contribution is -2.25. The van der Waals surface area contributed by atoms with Gasteiger partial charge in [0.1, 0.15) is 11.6 Å². The van der Waals surface area contributed by atoms with E-state index in [1.54, 1.807) is 0 Å². The predicted molar refractivity (Wildman–Crippen MR) is 71.7 cm³/mol. The standard InChI is InChI=1S/C14H14N4O2/c19-13-7-20-11-4-1-8(5-10(11)15-13)6-12-16-14(18-17-12)9-2-3-9/h1,4-5,9H,2-3,6-7H2,(H,15,19)(H,16,17,18). The first-order valence-electron chi connectivity index (χ1n) is 6.75. The normalized spacial score (nSPS) is 17.3. The van der Waals surface area contributed by atoms with Crippen molar-refractivity contribution in [1.29, 1.82) is 0 Å². The summed E-state index contributed by atoms with van der Waals surface area (Å²) in [4.78, 5) is 15.8. The number of ether oxygens (including phenoxy) is 1. The fourth-order valence-corrected chi connectivity index (χ4v) is 2.35. The summed E-state index contributed by atoms with van der Waals surface area (Å²) in [5, 5.41) is 10.0. The van der Waals surface area contributed by atoms with Crippen LogP contribution in [-0.2, 0) is 11.2 Å². The molecule has 0 spiro atoms. The second-order valence-electron chi connectivity index (χ2n) is 5.26. The number of nitrogens with one attached hydrogen (secondary N) is 2. The number of amides is 1. The molecular weight excluding hydrogens is 256 g/mol. The number of aromatic amines is 1. The number of aromatic nitrogens is 3. The maximum Gasteiger partial charge on any atom is 0.262 e. The van der Waals surface area contributed by atoms with Gasteiger partial charge in [-0.2, -0.15) is 5.10 Å². The molecule has 6 nitrogen and oxygen atoms in total. The average molecular weight is 270 g/mol. The van der Waals surface area contributed by atoms with Crippen LogP contribution in [0.1, 0.15) is 36.0 Å². The van der Waals surface area contributed by atoms with Crippen molar-refractivity contribution in [2.45, 2.75) is 25.2 Å². The monoisotopic (exact) mass is 270 g/mol. The van der Waals surface area contributed by atoms with Crippen LogP contribution in [0.2, 0.25) is 0 Å². The summed E-state index contributed by atoms with van der Waals surface area (Å²) in [7, 11) is 0. The zero-order valence-corrected chi connectivity index (χ0v) is 10.8. The lowest BCUT2D eigenvalue weighted by molar-refractivity contribution is -0.118. The summed E-state index contributed by atoms with van der Waals surface area (Å²) in [5.41, 5.74) is 1.79. The van der Waals surface area contributed by atoms with Crippen molar-refractivity contribution in [3.8, 4) is 5.75 Å². The summed E-state index contributed by atoms with van der Waals surface area (Å²) in [6, 6.07) is 5.78. The molecule has 0 radical (unpaired) electrons. The van der Waals surface area contributed by atoms with Gasteiger partial charge in [-0.05, 0) is 30.5 Å². The molecule has 1 amide bonds. The molecule has 6 heteroatoms. The number of rotatable bonds is 3. The molecule has 0 bridgehead atoms. The summed E-state index contributed by atoms with van der Waals surface area (Å²) >= 11 is 0. The first-order valence-corrected chi connectivity index (χ1v) is 6.75. The lowest BCUT2D eigenvalue weighted by atomic mass is 10.1. The van der Waals surface area contributed by atoms with Crippen LogP contribution in [0.25, 0.3) is 0 Å². The molecule has 1 aliphatic carbocycles. The van der Waals surface area contributed by atoms with Crippen molar-refractivity contribution in [2.75, 3.05) is 11.9 Å². The van der Waals surface area contributed by atoms with Gasteiger partial charge in [0.25, 0.3) is 5.91 Å². The summed E-state index contributed by atoms with van der Waals surface area (Å²) in [5.74, 6) is 2.93. The second-order valence-corrected chi connectivity index (χ2v) is 5.26. The maximum absolute atomic E-state index is 11.3. The van der Waals surface area contributed by atoms with Gasteiger partial charge in [-0.15, -0.1) is 0 Å². The minimum absolute atomic E-state index is 0.0825. The number of hydrogen-bond acceptors (Lipinski definition) is 4. The molecule has 2 N–H and O–H groups in total. The van der Waals surface area contributed by atoms with Crippen molar-refractivity contribution >= 4 is 11.6 Å². The highest BCUT2D eigenvalue weighted by atomic mass is 16.5. The fourth-order valence-electron chi connectivity index (χ4n) is 2.35. The van der Waals surface area contributed by atoms with E-state index in [4.69, 9.17) is 4.74 Å². The highest BCUT2D eigenvalue weighted by Crippen LogP contribution is 2.37. The summed E-state index contributed by atoms with van der Waals surface area (Å²) < 4.78 is 5.34. The maximum atomic E-state index is 11.3. The highest BCUT2D eigenvalue weighted by molar-refractivity contribution is 5.95. The Kier molecular flexibility index (Phi) is 2.48. The third-order valence-corrected chi connectivity index (χ3v) is 3.54. The number of nitrogens with zero attached hydrogens (tertiary/aromatic N) is 2. The van der Waals surface area contributed by atoms with Crippen LogP contribution in [-0.4, -0.2) is 27.7 Å². The van der Waals surface area contributed by atoms with E-state index in [-0.39, 0.29) is 12.5 Å². The highest BCUT2D eigenvalue weighted by Gasteiger charge is 2.27. The molecule has 1 aromatic carbocycles. The zero-order chi connectivity index (χ0) is 13.5. The number of H-pyrrole nitrogens is 1. The summed E-state index contributed by atoms with van der Waals surface area (Å²) in [6.45, 7) is 0.0825. The van der Waals surface area contributed by atoms with E-state index >= 15 is 0 Å². The van der Waals surface area contributed by atoms with Gasteiger partial charge in [0, 0.05) is 12.3 Å². The van der Waals surface area contributed by atoms with Gasteiger partial charge in [0.05, 0.1) is 5.69 Å². The van der Waals surface area contributed by atoms with E-state index in [0.29, 0.717) is 18.1 Å². The molecule has 4 rings (SSSR count). The van der Waals surface area contributed by atoms with Gasteiger partial charge in [-0.25, -0.2) is 4.98 Å². The third kappa shape index (κ3) is 2.13. The Morgan fingerprint density at radius 2 is 2.25 bits per heavy atom. The number of fused-ring (bicyclic) bond motifs is 1. The molecule has 2 aromatic rings. The number of hydrogen-bond donors (Lipinski definition) is 2. The third-order valence-electron chi connectivity index (χ3n) is 3.54. The van der Waals surface area contributed by atoms with E-state index in [1.807, 2.05) is 18.2 Å². The van der Waals surface area contributed by atoms with Crippen molar-refractivity contribution in [1.82, 2.24) is 15.2 Å². The van der Waals surface area contributed by atoms with Crippen LogP contribution in [0.5, 0.6) is 5.75 Å². The number of anilines is 1. The van der Waals surface area contributed by atoms with Gasteiger partial charge >= 0.3 is 0 Å². The number of carbonyl (C=O) groups is 1. The van der Waals surface area contributed by atoms with Gasteiger partial charge in [-0.3, -0.25) is 9.89 Å². The molecular formula is C14H14N4O2.